The maximum atomic E-state index is 10.4. The van der Waals surface area contributed by atoms with E-state index in [9.17, 15) is 4.79 Å². The second-order valence-electron chi connectivity index (χ2n) is 2.46. The van der Waals surface area contributed by atoms with Crippen LogP contribution in [0.15, 0.2) is 0 Å². The van der Waals surface area contributed by atoms with Crippen molar-refractivity contribution < 1.29 is 9.90 Å². The zero-order valence-corrected chi connectivity index (χ0v) is 7.34. The lowest BCUT2D eigenvalue weighted by atomic mass is 10.3. The molecule has 0 spiro atoms. The molecule has 0 aliphatic carbocycles. The van der Waals surface area contributed by atoms with Gasteiger partial charge in [0.1, 0.15) is 6.04 Å². The van der Waals surface area contributed by atoms with Crippen LogP contribution in [0.2, 0.25) is 0 Å². The summed E-state index contributed by atoms with van der Waals surface area (Å²) in [6.45, 7) is 2.31. The third-order valence-electron chi connectivity index (χ3n) is 1.17. The van der Waals surface area contributed by atoms with Crippen molar-refractivity contribution in [3.63, 3.8) is 0 Å². The lowest BCUT2D eigenvalue weighted by Gasteiger charge is -2.12. The minimum atomic E-state index is -0.888. The molecule has 1 unspecified atom stereocenters. The number of hydrogen-bond acceptors (Lipinski definition) is 4. The van der Waals surface area contributed by atoms with Crippen molar-refractivity contribution in [3.05, 3.63) is 0 Å². The first kappa shape index (κ1) is 10.7. The molecule has 11 heavy (non-hydrogen) atoms. The second-order valence-corrected chi connectivity index (χ2v) is 2.82. The van der Waals surface area contributed by atoms with Gasteiger partial charge < -0.3 is 16.2 Å². The van der Waals surface area contributed by atoms with Crippen LogP contribution in [0.5, 0.6) is 0 Å². The van der Waals surface area contributed by atoms with Crippen molar-refractivity contribution in [2.24, 2.45) is 5.73 Å². The molecule has 4 nitrogen and oxygen atoms in total. The second kappa shape index (κ2) is 5.40. The number of carboxylic acid groups (broad SMARTS) is 1. The minimum absolute atomic E-state index is 0.0308. The number of aliphatic carboxylic acids is 1. The Morgan fingerprint density at radius 3 is 2.64 bits per heavy atom. The van der Waals surface area contributed by atoms with Crippen LogP contribution in [0.1, 0.15) is 6.92 Å². The van der Waals surface area contributed by atoms with Gasteiger partial charge in [-0.1, -0.05) is 0 Å². The molecule has 0 saturated carbocycles. The number of nitrogens with two attached hydrogens (primary N) is 1. The van der Waals surface area contributed by atoms with Crippen LogP contribution >= 0.6 is 12.6 Å². The summed E-state index contributed by atoms with van der Waals surface area (Å²) in [7, 11) is 0. The van der Waals surface area contributed by atoms with Crippen LogP contribution in [0.4, 0.5) is 0 Å². The Morgan fingerprint density at radius 1 is 1.82 bits per heavy atom. The Labute approximate surface area is 71.6 Å². The van der Waals surface area contributed by atoms with E-state index in [4.69, 9.17) is 10.8 Å². The molecule has 2 atom stereocenters. The van der Waals surface area contributed by atoms with Crippen LogP contribution in [-0.4, -0.2) is 35.5 Å². The van der Waals surface area contributed by atoms with Gasteiger partial charge in [-0.15, -0.1) is 0 Å². The summed E-state index contributed by atoms with van der Waals surface area (Å²) in [5.74, 6) is -0.608. The van der Waals surface area contributed by atoms with Crippen molar-refractivity contribution >= 4 is 18.6 Å². The van der Waals surface area contributed by atoms with Gasteiger partial charge in [0.15, 0.2) is 0 Å². The molecule has 0 aliphatic heterocycles. The third-order valence-corrected chi connectivity index (χ3v) is 1.53. The summed E-state index contributed by atoms with van der Waals surface area (Å²) >= 11 is 3.87. The highest BCUT2D eigenvalue weighted by Gasteiger charge is 2.13. The lowest BCUT2D eigenvalue weighted by molar-refractivity contribution is -0.138. The molecular formula is C6H14N2O2S. The van der Waals surface area contributed by atoms with E-state index in [0.717, 1.165) is 0 Å². The Morgan fingerprint density at radius 2 is 2.36 bits per heavy atom. The third kappa shape index (κ3) is 5.06. The molecular weight excluding hydrogens is 164 g/mol. The van der Waals surface area contributed by atoms with Gasteiger partial charge in [0.05, 0.1) is 0 Å². The van der Waals surface area contributed by atoms with Gasteiger partial charge in [-0.05, 0) is 6.92 Å². The standard InChI is InChI=1S/C6H14N2O2S/c1-4(7)2-8-5(3-11)6(9)10/h4-5,8,11H,2-3,7H2,1H3,(H,9,10)/t4?,5-/m0/s1. The van der Waals surface area contributed by atoms with E-state index in [2.05, 4.69) is 17.9 Å². The SMILES string of the molecule is CC(N)CN[C@@H](CS)C(=O)O. The molecule has 4 N–H and O–H groups in total. The normalized spacial score (nSPS) is 15.9. The van der Waals surface area contributed by atoms with E-state index in [0.29, 0.717) is 6.54 Å². The summed E-state index contributed by atoms with van der Waals surface area (Å²) in [4.78, 5) is 10.4. The average molecular weight is 178 g/mol. The van der Waals surface area contributed by atoms with Gasteiger partial charge in [0.25, 0.3) is 0 Å². The van der Waals surface area contributed by atoms with Gasteiger partial charge in [-0.25, -0.2) is 0 Å². The summed E-state index contributed by atoms with van der Waals surface area (Å²) in [6, 6.07) is -0.624. The lowest BCUT2D eigenvalue weighted by Crippen LogP contribution is -2.43. The molecule has 66 valence electrons. The molecule has 5 heteroatoms. The molecule has 0 bridgehead atoms. The molecule has 0 rings (SSSR count). The Kier molecular flexibility index (Phi) is 5.27. The van der Waals surface area contributed by atoms with Crippen LogP contribution in [0.3, 0.4) is 0 Å². The smallest absolute Gasteiger partial charge is 0.321 e. The molecule has 0 aromatic carbocycles. The van der Waals surface area contributed by atoms with Gasteiger partial charge in [-0.2, -0.15) is 12.6 Å². The quantitative estimate of drug-likeness (QED) is 0.420. The summed E-state index contributed by atoms with van der Waals surface area (Å²) in [6.07, 6.45) is 0. The van der Waals surface area contributed by atoms with E-state index >= 15 is 0 Å². The first-order chi connectivity index (χ1) is 5.07. The van der Waals surface area contributed by atoms with Crippen molar-refractivity contribution in [2.75, 3.05) is 12.3 Å². The maximum absolute atomic E-state index is 10.4. The maximum Gasteiger partial charge on any atom is 0.321 e. The largest absolute Gasteiger partial charge is 0.480 e. The fourth-order valence-corrected chi connectivity index (χ4v) is 0.843. The predicted molar refractivity (Wildman–Crippen MR) is 46.9 cm³/mol. The number of rotatable bonds is 5. The Bertz CT molecular complexity index is 130. The van der Waals surface area contributed by atoms with E-state index in [-0.39, 0.29) is 11.8 Å². The number of nitrogens with one attached hydrogen (secondary N) is 1. The van der Waals surface area contributed by atoms with Gasteiger partial charge in [-0.3, -0.25) is 4.79 Å². The van der Waals surface area contributed by atoms with E-state index < -0.39 is 12.0 Å². The first-order valence-corrected chi connectivity index (χ1v) is 4.03. The molecule has 0 fully saturated rings. The number of carboxylic acids is 1. The zero-order valence-electron chi connectivity index (χ0n) is 6.45. The molecule has 0 aromatic rings. The van der Waals surface area contributed by atoms with Gasteiger partial charge >= 0.3 is 5.97 Å². The van der Waals surface area contributed by atoms with Crippen molar-refractivity contribution in [1.82, 2.24) is 5.32 Å². The van der Waals surface area contributed by atoms with Crippen molar-refractivity contribution in [2.45, 2.75) is 19.0 Å². The van der Waals surface area contributed by atoms with Crippen LogP contribution < -0.4 is 11.1 Å². The van der Waals surface area contributed by atoms with E-state index in [1.54, 1.807) is 0 Å². The van der Waals surface area contributed by atoms with Crippen LogP contribution in [0.25, 0.3) is 0 Å². The van der Waals surface area contributed by atoms with Gasteiger partial charge in [0, 0.05) is 18.3 Å². The summed E-state index contributed by atoms with van der Waals surface area (Å²) in [5.41, 5.74) is 5.42. The van der Waals surface area contributed by atoms with Crippen molar-refractivity contribution in [1.29, 1.82) is 0 Å². The van der Waals surface area contributed by atoms with E-state index in [1.807, 2.05) is 6.92 Å². The molecule has 0 aromatic heterocycles. The Balaban J connectivity index is 3.61. The molecule has 0 amide bonds. The summed E-state index contributed by atoms with van der Waals surface area (Å²) < 4.78 is 0. The monoisotopic (exact) mass is 178 g/mol. The molecule has 0 heterocycles. The zero-order chi connectivity index (χ0) is 8.85. The fraction of sp³-hybridized carbons (Fsp3) is 0.833. The highest BCUT2D eigenvalue weighted by molar-refractivity contribution is 7.80. The number of hydrogen-bond donors (Lipinski definition) is 4. The number of thiol groups is 1. The van der Waals surface area contributed by atoms with E-state index in [1.165, 1.54) is 0 Å². The predicted octanol–water partition coefficient (Wildman–Crippen LogP) is -0.694. The molecule has 0 saturated heterocycles. The Hall–Kier alpha value is -0.260. The molecule has 0 radical (unpaired) electrons. The minimum Gasteiger partial charge on any atom is -0.480 e. The summed E-state index contributed by atoms with van der Waals surface area (Å²) in [5, 5.41) is 11.3. The fourth-order valence-electron chi connectivity index (χ4n) is 0.558. The van der Waals surface area contributed by atoms with Gasteiger partial charge in [0.2, 0.25) is 0 Å². The highest BCUT2D eigenvalue weighted by Crippen LogP contribution is 1.87. The molecule has 0 aliphatic rings. The average Bonchev–Trinajstić information content (AvgIpc) is 1.87. The topological polar surface area (TPSA) is 75.3 Å². The highest BCUT2D eigenvalue weighted by atomic mass is 32.1. The van der Waals surface area contributed by atoms with Crippen LogP contribution in [-0.2, 0) is 4.79 Å². The first-order valence-electron chi connectivity index (χ1n) is 3.40. The van der Waals surface area contributed by atoms with Crippen LogP contribution in [0, 0.1) is 0 Å². The number of carbonyl (C=O) groups is 1. The van der Waals surface area contributed by atoms with Crippen molar-refractivity contribution in [3.8, 4) is 0 Å².